The highest BCUT2D eigenvalue weighted by Crippen LogP contribution is 2.07. The van der Waals surface area contributed by atoms with Gasteiger partial charge >= 0.3 is 12.0 Å². The average Bonchev–Trinajstić information content (AvgIpc) is 1.96. The topological polar surface area (TPSA) is 78.4 Å². The number of amides is 2. The molecule has 0 atom stereocenters. The number of hydrogen-bond donors (Lipinski definition) is 3. The van der Waals surface area contributed by atoms with Crippen LogP contribution in [0.5, 0.6) is 0 Å². The zero-order valence-corrected chi connectivity index (χ0v) is 8.46. The van der Waals surface area contributed by atoms with Crippen LogP contribution in [0.3, 0.4) is 0 Å². The van der Waals surface area contributed by atoms with E-state index in [4.69, 9.17) is 5.11 Å². The first-order valence-electron chi connectivity index (χ1n) is 4.26. The number of aliphatic carboxylic acids is 1. The van der Waals surface area contributed by atoms with Crippen molar-refractivity contribution in [1.82, 2.24) is 10.6 Å². The van der Waals surface area contributed by atoms with Crippen LogP contribution in [-0.2, 0) is 4.79 Å². The molecule has 80 valence electrons. The molecule has 0 saturated heterocycles. The SMILES string of the molecule is C=CCNC(=O)NC(C)(C)CC(=O)O. The molecule has 0 heterocycles. The number of nitrogens with one attached hydrogen (secondary N) is 2. The van der Waals surface area contributed by atoms with Crippen molar-refractivity contribution >= 4 is 12.0 Å². The Bertz CT molecular complexity index is 236. The van der Waals surface area contributed by atoms with E-state index in [0.29, 0.717) is 6.54 Å². The molecule has 0 aromatic rings. The third-order valence-corrected chi connectivity index (χ3v) is 1.45. The minimum absolute atomic E-state index is 0.117. The molecule has 0 aromatic heterocycles. The summed E-state index contributed by atoms with van der Waals surface area (Å²) in [6, 6.07) is -0.392. The lowest BCUT2D eigenvalue weighted by atomic mass is 10.0. The Morgan fingerprint density at radius 2 is 2.07 bits per heavy atom. The zero-order valence-electron chi connectivity index (χ0n) is 8.46. The molecular formula is C9H16N2O3. The van der Waals surface area contributed by atoms with E-state index in [0.717, 1.165) is 0 Å². The summed E-state index contributed by atoms with van der Waals surface area (Å²) in [7, 11) is 0. The van der Waals surface area contributed by atoms with Gasteiger partial charge in [0.15, 0.2) is 0 Å². The van der Waals surface area contributed by atoms with E-state index in [1.54, 1.807) is 19.9 Å². The predicted molar refractivity (Wildman–Crippen MR) is 53.1 cm³/mol. The summed E-state index contributed by atoms with van der Waals surface area (Å²) in [5.41, 5.74) is -0.753. The Morgan fingerprint density at radius 1 is 1.50 bits per heavy atom. The fourth-order valence-electron chi connectivity index (χ4n) is 0.939. The molecule has 5 nitrogen and oxygen atoms in total. The highest BCUT2D eigenvalue weighted by Gasteiger charge is 2.23. The first-order chi connectivity index (χ1) is 6.37. The van der Waals surface area contributed by atoms with E-state index in [2.05, 4.69) is 17.2 Å². The maximum atomic E-state index is 11.1. The summed E-state index contributed by atoms with van der Waals surface area (Å²) in [6.45, 7) is 7.09. The highest BCUT2D eigenvalue weighted by atomic mass is 16.4. The van der Waals surface area contributed by atoms with Gasteiger partial charge in [-0.05, 0) is 13.8 Å². The number of carboxylic acid groups (broad SMARTS) is 1. The van der Waals surface area contributed by atoms with Gasteiger partial charge in [-0.3, -0.25) is 4.79 Å². The van der Waals surface area contributed by atoms with Crippen LogP contribution in [-0.4, -0.2) is 29.2 Å². The summed E-state index contributed by atoms with van der Waals surface area (Å²) >= 11 is 0. The van der Waals surface area contributed by atoms with E-state index in [9.17, 15) is 9.59 Å². The normalized spacial score (nSPS) is 10.4. The molecule has 0 aliphatic heterocycles. The molecule has 0 unspecified atom stereocenters. The third kappa shape index (κ3) is 6.05. The molecule has 0 rings (SSSR count). The summed E-state index contributed by atoms with van der Waals surface area (Å²) in [4.78, 5) is 21.6. The summed E-state index contributed by atoms with van der Waals surface area (Å²) in [5.74, 6) is -0.945. The molecule has 2 amide bonds. The van der Waals surface area contributed by atoms with Crippen molar-refractivity contribution in [3.8, 4) is 0 Å². The predicted octanol–water partition coefficient (Wildman–Crippen LogP) is 0.725. The molecule has 0 bridgehead atoms. The van der Waals surface area contributed by atoms with E-state index >= 15 is 0 Å². The van der Waals surface area contributed by atoms with Gasteiger partial charge in [0.1, 0.15) is 0 Å². The zero-order chi connectivity index (χ0) is 11.2. The number of rotatable bonds is 5. The number of carboxylic acids is 1. The molecule has 0 aliphatic carbocycles. The number of carbonyl (C=O) groups excluding carboxylic acids is 1. The van der Waals surface area contributed by atoms with Crippen molar-refractivity contribution in [2.24, 2.45) is 0 Å². The van der Waals surface area contributed by atoms with Gasteiger partial charge in [0.05, 0.1) is 6.42 Å². The maximum absolute atomic E-state index is 11.1. The van der Waals surface area contributed by atoms with Gasteiger partial charge in [-0.1, -0.05) is 6.08 Å². The van der Waals surface area contributed by atoms with Crippen LogP contribution in [0.4, 0.5) is 4.79 Å². The molecule has 0 spiro atoms. The Morgan fingerprint density at radius 3 is 2.50 bits per heavy atom. The first kappa shape index (κ1) is 12.5. The second-order valence-corrected chi connectivity index (χ2v) is 3.58. The summed E-state index contributed by atoms with van der Waals surface area (Å²) in [5, 5.41) is 13.6. The molecule has 0 fully saturated rings. The van der Waals surface area contributed by atoms with E-state index in [1.165, 1.54) is 0 Å². The smallest absolute Gasteiger partial charge is 0.315 e. The Hall–Kier alpha value is -1.52. The molecular weight excluding hydrogens is 184 g/mol. The van der Waals surface area contributed by atoms with Crippen molar-refractivity contribution in [3.05, 3.63) is 12.7 Å². The van der Waals surface area contributed by atoms with Gasteiger partial charge in [0, 0.05) is 12.1 Å². The van der Waals surface area contributed by atoms with Crippen LogP contribution in [0.2, 0.25) is 0 Å². The van der Waals surface area contributed by atoms with Crippen molar-refractivity contribution in [2.75, 3.05) is 6.54 Å². The molecule has 5 heteroatoms. The van der Waals surface area contributed by atoms with E-state index in [1.807, 2.05) is 0 Å². The maximum Gasteiger partial charge on any atom is 0.315 e. The second-order valence-electron chi connectivity index (χ2n) is 3.58. The third-order valence-electron chi connectivity index (χ3n) is 1.45. The minimum Gasteiger partial charge on any atom is -0.481 e. The summed E-state index contributed by atoms with van der Waals surface area (Å²) < 4.78 is 0. The van der Waals surface area contributed by atoms with Crippen LogP contribution < -0.4 is 10.6 Å². The van der Waals surface area contributed by atoms with Gasteiger partial charge in [0.25, 0.3) is 0 Å². The van der Waals surface area contributed by atoms with Crippen LogP contribution in [0.1, 0.15) is 20.3 Å². The van der Waals surface area contributed by atoms with Crippen molar-refractivity contribution < 1.29 is 14.7 Å². The molecule has 0 aliphatic rings. The van der Waals surface area contributed by atoms with Crippen molar-refractivity contribution in [2.45, 2.75) is 25.8 Å². The lowest BCUT2D eigenvalue weighted by Gasteiger charge is -2.24. The van der Waals surface area contributed by atoms with Crippen LogP contribution >= 0.6 is 0 Å². The average molecular weight is 200 g/mol. The fraction of sp³-hybridized carbons (Fsp3) is 0.556. The largest absolute Gasteiger partial charge is 0.481 e. The van der Waals surface area contributed by atoms with Gasteiger partial charge in [0.2, 0.25) is 0 Å². The Kier molecular flexibility index (Phi) is 4.69. The number of urea groups is 1. The van der Waals surface area contributed by atoms with Gasteiger partial charge in [-0.25, -0.2) is 4.79 Å². The molecule has 0 aromatic carbocycles. The quantitative estimate of drug-likeness (QED) is 0.572. The fourth-order valence-corrected chi connectivity index (χ4v) is 0.939. The van der Waals surface area contributed by atoms with Crippen molar-refractivity contribution in [1.29, 1.82) is 0 Å². The second kappa shape index (κ2) is 5.26. The van der Waals surface area contributed by atoms with E-state index < -0.39 is 17.5 Å². The monoisotopic (exact) mass is 200 g/mol. The summed E-state index contributed by atoms with van der Waals surface area (Å²) in [6.07, 6.45) is 1.43. The van der Waals surface area contributed by atoms with Crippen LogP contribution in [0.25, 0.3) is 0 Å². The molecule has 14 heavy (non-hydrogen) atoms. The highest BCUT2D eigenvalue weighted by molar-refractivity contribution is 5.76. The Labute approximate surface area is 83.2 Å². The number of hydrogen-bond acceptors (Lipinski definition) is 2. The molecule has 3 N–H and O–H groups in total. The lowest BCUT2D eigenvalue weighted by Crippen LogP contribution is -2.49. The van der Waals surface area contributed by atoms with E-state index in [-0.39, 0.29) is 6.42 Å². The lowest BCUT2D eigenvalue weighted by molar-refractivity contribution is -0.138. The van der Waals surface area contributed by atoms with Crippen LogP contribution in [0, 0.1) is 0 Å². The Balaban J connectivity index is 4.00. The molecule has 0 saturated carbocycles. The van der Waals surface area contributed by atoms with Gasteiger partial charge < -0.3 is 15.7 Å². The standard InChI is InChI=1S/C9H16N2O3/c1-4-5-10-8(14)11-9(2,3)6-7(12)13/h4H,1,5-6H2,2-3H3,(H,12,13)(H2,10,11,14). The molecule has 0 radical (unpaired) electrons. The minimum atomic E-state index is -0.945. The van der Waals surface area contributed by atoms with Gasteiger partial charge in [-0.15, -0.1) is 6.58 Å². The van der Waals surface area contributed by atoms with Crippen molar-refractivity contribution in [3.63, 3.8) is 0 Å². The van der Waals surface area contributed by atoms with Gasteiger partial charge in [-0.2, -0.15) is 0 Å². The number of carbonyl (C=O) groups is 2. The van der Waals surface area contributed by atoms with Crippen LogP contribution in [0.15, 0.2) is 12.7 Å². The first-order valence-corrected chi connectivity index (χ1v) is 4.26.